The Balaban J connectivity index is 1.60. The number of aryl methyl sites for hydroxylation is 1. The van der Waals surface area contributed by atoms with Crippen molar-refractivity contribution in [3.05, 3.63) is 65.9 Å². The molecule has 0 saturated heterocycles. The maximum absolute atomic E-state index is 8.69. The molecule has 2 heterocycles. The summed E-state index contributed by atoms with van der Waals surface area (Å²) in [4.78, 5) is 4.49. The van der Waals surface area contributed by atoms with Crippen LogP contribution in [-0.2, 0) is 6.37 Å². The molecule has 0 amide bonds. The van der Waals surface area contributed by atoms with Crippen LogP contribution in [0.4, 0.5) is 0 Å². The average molecular weight is 346 g/mol. The van der Waals surface area contributed by atoms with E-state index in [9.17, 15) is 0 Å². The predicted molar refractivity (Wildman–Crippen MR) is 107 cm³/mol. The van der Waals surface area contributed by atoms with Gasteiger partial charge in [0.15, 0.2) is 0 Å². The third-order valence-electron chi connectivity index (χ3n) is 5.25. The summed E-state index contributed by atoms with van der Waals surface area (Å²) in [7, 11) is 0. The largest absolute Gasteiger partial charge is 0.456 e. The van der Waals surface area contributed by atoms with Crippen molar-refractivity contribution in [1.82, 2.24) is 4.98 Å². The zero-order valence-electron chi connectivity index (χ0n) is 19.5. The predicted octanol–water partition coefficient (Wildman–Crippen LogP) is 6.69. The van der Waals surface area contributed by atoms with Crippen molar-refractivity contribution >= 4 is 21.9 Å². The third kappa shape index (κ3) is 2.80. The first-order valence-electron chi connectivity index (χ1n) is 11.7. The summed E-state index contributed by atoms with van der Waals surface area (Å²) in [5, 5.41) is 1.58. The lowest BCUT2D eigenvalue weighted by Gasteiger charge is -2.10. The number of furan rings is 1. The topological polar surface area (TPSA) is 26.0 Å². The van der Waals surface area contributed by atoms with Crippen LogP contribution in [0, 0.1) is 12.8 Å². The number of benzene rings is 2. The van der Waals surface area contributed by atoms with Gasteiger partial charge in [0.1, 0.15) is 11.2 Å². The first-order chi connectivity index (χ1) is 14.7. The molecule has 1 aliphatic rings. The van der Waals surface area contributed by atoms with Gasteiger partial charge in [-0.05, 0) is 67.2 Å². The van der Waals surface area contributed by atoms with E-state index in [-0.39, 0.29) is 11.5 Å². The van der Waals surface area contributed by atoms with Crippen molar-refractivity contribution in [2.75, 3.05) is 0 Å². The van der Waals surface area contributed by atoms with Crippen LogP contribution in [0.3, 0.4) is 0 Å². The van der Waals surface area contributed by atoms with Gasteiger partial charge in [-0.3, -0.25) is 4.98 Å². The maximum Gasteiger partial charge on any atom is 0.135 e. The maximum atomic E-state index is 8.69. The molecule has 0 bridgehead atoms. The van der Waals surface area contributed by atoms with Crippen molar-refractivity contribution < 1.29 is 11.3 Å². The smallest absolute Gasteiger partial charge is 0.135 e. The lowest BCUT2D eigenvalue weighted by molar-refractivity contribution is 0.546. The molecule has 0 atom stereocenters. The van der Waals surface area contributed by atoms with Crippen LogP contribution in [0.25, 0.3) is 33.2 Å². The van der Waals surface area contributed by atoms with Crippen LogP contribution in [0.15, 0.2) is 59.1 Å². The SMILES string of the molecule is [2H]C([2H])([2H])c1ccc2oc3ccc(-c4cc(C([2H])([2H])C5CCCC5)ccn4)cc3c2c1. The Morgan fingerprint density at radius 2 is 1.85 bits per heavy atom. The Morgan fingerprint density at radius 3 is 2.69 bits per heavy atom. The Hall–Kier alpha value is -2.61. The summed E-state index contributed by atoms with van der Waals surface area (Å²) in [6.07, 6.45) is 4.30. The molecule has 130 valence electrons. The molecule has 1 saturated carbocycles. The molecule has 5 rings (SSSR count). The van der Waals surface area contributed by atoms with Crippen molar-refractivity contribution in [3.8, 4) is 11.3 Å². The summed E-state index contributed by atoms with van der Waals surface area (Å²) in [6.45, 7) is -2.18. The molecule has 4 aromatic rings. The van der Waals surface area contributed by atoms with Crippen molar-refractivity contribution in [3.63, 3.8) is 0 Å². The van der Waals surface area contributed by atoms with Gasteiger partial charge >= 0.3 is 0 Å². The molecular weight excluding hydrogens is 318 g/mol. The Bertz CT molecular complexity index is 1270. The van der Waals surface area contributed by atoms with E-state index < -0.39 is 13.2 Å². The van der Waals surface area contributed by atoms with Crippen molar-refractivity contribution in [1.29, 1.82) is 0 Å². The van der Waals surface area contributed by atoms with Gasteiger partial charge in [0.25, 0.3) is 0 Å². The van der Waals surface area contributed by atoms with E-state index in [4.69, 9.17) is 11.3 Å². The van der Waals surface area contributed by atoms with E-state index >= 15 is 0 Å². The fourth-order valence-corrected chi connectivity index (χ4v) is 3.92. The van der Waals surface area contributed by atoms with Crippen LogP contribution in [0.1, 0.15) is 43.7 Å². The van der Waals surface area contributed by atoms with E-state index in [0.717, 1.165) is 42.0 Å². The van der Waals surface area contributed by atoms with Gasteiger partial charge < -0.3 is 4.42 Å². The van der Waals surface area contributed by atoms with Crippen LogP contribution < -0.4 is 0 Å². The molecule has 0 aliphatic heterocycles. The average Bonchev–Trinajstić information content (AvgIpc) is 3.41. The second kappa shape index (κ2) is 6.28. The first-order valence-corrected chi connectivity index (χ1v) is 9.17. The van der Waals surface area contributed by atoms with Crippen molar-refractivity contribution in [2.45, 2.75) is 38.9 Å². The number of hydrogen-bond acceptors (Lipinski definition) is 2. The van der Waals surface area contributed by atoms with Gasteiger partial charge in [0.05, 0.1) is 5.69 Å². The molecule has 0 radical (unpaired) electrons. The summed E-state index contributed by atoms with van der Waals surface area (Å²) in [6, 6.07) is 14.3. The Kier molecular flexibility index (Phi) is 2.70. The fourth-order valence-electron chi connectivity index (χ4n) is 3.92. The van der Waals surface area contributed by atoms with E-state index in [0.29, 0.717) is 22.4 Å². The quantitative estimate of drug-likeness (QED) is 0.413. The number of rotatable bonds is 3. The van der Waals surface area contributed by atoms with Gasteiger partial charge in [0, 0.05) is 29.4 Å². The lowest BCUT2D eigenvalue weighted by Crippen LogP contribution is -1.99. The first kappa shape index (κ1) is 11.2. The minimum Gasteiger partial charge on any atom is -0.456 e. The highest BCUT2D eigenvalue weighted by atomic mass is 16.3. The summed E-state index contributed by atoms with van der Waals surface area (Å²) < 4.78 is 46.4. The standard InChI is InChI=1S/C24H23NO/c1-16-6-8-23-20(12-16)21-15-19(7-9-24(21)26-23)22-14-18(10-11-25-22)13-17-4-2-3-5-17/h6-12,14-15,17H,2-5,13H2,1H3/i1D3,13D2. The number of nitrogens with zero attached hydrogens (tertiary/aromatic N) is 1. The molecular formula is C24H23NO. The molecule has 0 N–H and O–H groups in total. The van der Waals surface area contributed by atoms with Gasteiger partial charge in [-0.2, -0.15) is 0 Å². The molecule has 0 unspecified atom stereocenters. The molecule has 2 nitrogen and oxygen atoms in total. The zero-order valence-corrected chi connectivity index (χ0v) is 14.5. The van der Waals surface area contributed by atoms with Gasteiger partial charge in [-0.15, -0.1) is 0 Å². The van der Waals surface area contributed by atoms with Crippen LogP contribution in [0.5, 0.6) is 0 Å². The highest BCUT2D eigenvalue weighted by molar-refractivity contribution is 6.06. The van der Waals surface area contributed by atoms with E-state index in [1.165, 1.54) is 0 Å². The minimum atomic E-state index is -2.18. The number of aromatic nitrogens is 1. The lowest BCUT2D eigenvalue weighted by atomic mass is 9.97. The molecule has 2 aromatic heterocycles. The van der Waals surface area contributed by atoms with Gasteiger partial charge in [-0.25, -0.2) is 0 Å². The van der Waals surface area contributed by atoms with E-state index in [1.54, 1.807) is 30.5 Å². The highest BCUT2D eigenvalue weighted by Gasteiger charge is 2.16. The molecule has 0 spiro atoms. The molecule has 1 aliphatic carbocycles. The second-order valence-electron chi connectivity index (χ2n) is 7.08. The van der Waals surface area contributed by atoms with E-state index in [1.807, 2.05) is 24.3 Å². The van der Waals surface area contributed by atoms with Crippen LogP contribution in [0.2, 0.25) is 0 Å². The highest BCUT2D eigenvalue weighted by Crippen LogP contribution is 2.33. The van der Waals surface area contributed by atoms with E-state index in [2.05, 4.69) is 4.98 Å². The van der Waals surface area contributed by atoms with Crippen LogP contribution in [-0.4, -0.2) is 4.98 Å². The Morgan fingerprint density at radius 1 is 1.04 bits per heavy atom. The zero-order chi connectivity index (χ0) is 21.8. The second-order valence-corrected chi connectivity index (χ2v) is 7.08. The molecule has 26 heavy (non-hydrogen) atoms. The van der Waals surface area contributed by atoms with Gasteiger partial charge in [0.2, 0.25) is 0 Å². The fraction of sp³-hybridized carbons (Fsp3) is 0.292. The monoisotopic (exact) mass is 346 g/mol. The minimum absolute atomic E-state index is 0.0429. The number of hydrogen-bond donors (Lipinski definition) is 0. The molecule has 2 aromatic carbocycles. The normalized spacial score (nSPS) is 19.2. The third-order valence-corrected chi connectivity index (χ3v) is 5.25. The molecule has 2 heteroatoms. The van der Waals surface area contributed by atoms with Crippen LogP contribution >= 0.6 is 0 Å². The summed E-state index contributed by atoms with van der Waals surface area (Å²) in [5.74, 6) is 0.0429. The molecule has 1 fully saturated rings. The van der Waals surface area contributed by atoms with Crippen molar-refractivity contribution in [2.24, 2.45) is 5.92 Å². The number of fused-ring (bicyclic) bond motifs is 3. The summed E-state index contributed by atoms with van der Waals surface area (Å²) >= 11 is 0. The Labute approximate surface area is 160 Å². The summed E-state index contributed by atoms with van der Waals surface area (Å²) in [5.41, 5.74) is 3.80. The number of pyridine rings is 1. The van der Waals surface area contributed by atoms with Gasteiger partial charge in [-0.1, -0.05) is 37.3 Å².